The largest absolute Gasteiger partial charge is 0.478 e. The number of carbonyl (C=O) groups is 1. The molecule has 0 aliphatic carbocycles. The Kier molecular flexibility index (Phi) is 5.83. The highest BCUT2D eigenvalue weighted by Crippen LogP contribution is 2.31. The van der Waals surface area contributed by atoms with Crippen molar-refractivity contribution < 1.29 is 15.0 Å². The van der Waals surface area contributed by atoms with Gasteiger partial charge in [-0.2, -0.15) is 0 Å². The third-order valence-corrected chi connectivity index (χ3v) is 4.33. The van der Waals surface area contributed by atoms with Crippen LogP contribution < -0.4 is 0 Å². The summed E-state index contributed by atoms with van der Waals surface area (Å²) >= 11 is 0. The van der Waals surface area contributed by atoms with E-state index in [1.54, 1.807) is 6.07 Å². The summed E-state index contributed by atoms with van der Waals surface area (Å²) in [6.45, 7) is 7.08. The molecule has 0 aliphatic rings. The topological polar surface area (TPSA) is 62.5 Å². The third kappa shape index (κ3) is 3.75. The zero-order chi connectivity index (χ0) is 17.0. The van der Waals surface area contributed by atoms with E-state index in [2.05, 4.69) is 33.0 Å². The smallest absolute Gasteiger partial charge is 0.337 e. The monoisotopic (exact) mass is 317 g/mol. The van der Waals surface area contributed by atoms with Gasteiger partial charge in [-0.25, -0.2) is 4.79 Å². The number of aromatic carboxylic acids is 1. The molecular formula is C19H27NO3. The molecule has 1 aromatic carbocycles. The van der Waals surface area contributed by atoms with Crippen molar-refractivity contribution in [3.63, 3.8) is 0 Å². The van der Waals surface area contributed by atoms with E-state index < -0.39 is 5.97 Å². The molecule has 2 aromatic rings. The number of fused-ring (bicyclic) bond motifs is 1. The first kappa shape index (κ1) is 17.5. The van der Waals surface area contributed by atoms with Gasteiger partial charge < -0.3 is 14.8 Å². The Morgan fingerprint density at radius 1 is 1.26 bits per heavy atom. The summed E-state index contributed by atoms with van der Waals surface area (Å²) in [5.41, 5.74) is 3.44. The molecule has 4 heteroatoms. The SMILES string of the molecule is CCCCc1cn(CCCO)c2c(C(=O)O)cc(C(C)C)cc12. The summed E-state index contributed by atoms with van der Waals surface area (Å²) in [6.07, 6.45) is 5.86. The summed E-state index contributed by atoms with van der Waals surface area (Å²) in [5, 5.41) is 19.8. The summed E-state index contributed by atoms with van der Waals surface area (Å²) in [7, 11) is 0. The van der Waals surface area contributed by atoms with E-state index in [0.29, 0.717) is 18.5 Å². The van der Waals surface area contributed by atoms with Crippen LogP contribution in [0.1, 0.15) is 67.4 Å². The standard InChI is InChI=1S/C19H27NO3/c1-4-5-7-14-12-20(8-6-9-21)18-16(14)10-15(13(2)3)11-17(18)19(22)23/h10-13,21H,4-9H2,1-3H3,(H,22,23). The fourth-order valence-electron chi connectivity index (χ4n) is 3.01. The van der Waals surface area contributed by atoms with Crippen LogP contribution in [0, 0.1) is 0 Å². The molecule has 2 N–H and O–H groups in total. The lowest BCUT2D eigenvalue weighted by Gasteiger charge is -2.11. The normalized spacial score (nSPS) is 11.5. The third-order valence-electron chi connectivity index (χ3n) is 4.33. The van der Waals surface area contributed by atoms with E-state index in [9.17, 15) is 9.90 Å². The molecule has 4 nitrogen and oxygen atoms in total. The Hall–Kier alpha value is -1.81. The minimum absolute atomic E-state index is 0.108. The van der Waals surface area contributed by atoms with Crippen molar-refractivity contribution in [3.05, 3.63) is 35.0 Å². The van der Waals surface area contributed by atoms with E-state index in [1.165, 1.54) is 5.56 Å². The van der Waals surface area contributed by atoms with Gasteiger partial charge in [0.2, 0.25) is 0 Å². The molecule has 0 saturated carbocycles. The van der Waals surface area contributed by atoms with Gasteiger partial charge in [0.25, 0.3) is 0 Å². The lowest BCUT2D eigenvalue weighted by atomic mass is 9.96. The van der Waals surface area contributed by atoms with Gasteiger partial charge in [0.1, 0.15) is 0 Å². The van der Waals surface area contributed by atoms with Crippen molar-refractivity contribution in [3.8, 4) is 0 Å². The number of carboxylic acid groups (broad SMARTS) is 1. The van der Waals surface area contributed by atoms with Crippen molar-refractivity contribution in [2.45, 2.75) is 58.9 Å². The highest BCUT2D eigenvalue weighted by molar-refractivity contribution is 6.04. The number of hydrogen-bond donors (Lipinski definition) is 2. The number of nitrogens with zero attached hydrogens (tertiary/aromatic N) is 1. The molecule has 0 unspecified atom stereocenters. The second-order valence-corrected chi connectivity index (χ2v) is 6.45. The van der Waals surface area contributed by atoms with E-state index in [0.717, 1.165) is 35.7 Å². The molecular weight excluding hydrogens is 290 g/mol. The minimum atomic E-state index is -0.886. The van der Waals surface area contributed by atoms with E-state index >= 15 is 0 Å². The first-order valence-electron chi connectivity index (χ1n) is 8.49. The molecule has 0 saturated heterocycles. The van der Waals surface area contributed by atoms with Crippen LogP contribution in [0.15, 0.2) is 18.3 Å². The van der Waals surface area contributed by atoms with Crippen LogP contribution >= 0.6 is 0 Å². The molecule has 0 amide bonds. The maximum atomic E-state index is 11.8. The van der Waals surface area contributed by atoms with Crippen LogP contribution in [0.25, 0.3) is 10.9 Å². The molecule has 23 heavy (non-hydrogen) atoms. The first-order chi connectivity index (χ1) is 11.0. The average Bonchev–Trinajstić information content (AvgIpc) is 2.87. The van der Waals surface area contributed by atoms with E-state index in [-0.39, 0.29) is 12.5 Å². The summed E-state index contributed by atoms with van der Waals surface area (Å²) in [5.74, 6) is -0.597. The molecule has 0 bridgehead atoms. The number of unbranched alkanes of at least 4 members (excludes halogenated alkanes) is 1. The molecule has 2 rings (SSSR count). The predicted molar refractivity (Wildman–Crippen MR) is 93.3 cm³/mol. The number of rotatable bonds is 8. The molecule has 1 aromatic heterocycles. The van der Waals surface area contributed by atoms with E-state index in [4.69, 9.17) is 5.11 Å². The van der Waals surface area contributed by atoms with Crippen LogP contribution in [-0.4, -0.2) is 27.4 Å². The number of hydrogen-bond acceptors (Lipinski definition) is 2. The van der Waals surface area contributed by atoms with E-state index in [1.807, 2.05) is 4.57 Å². The maximum Gasteiger partial charge on any atom is 0.337 e. The fraction of sp³-hybridized carbons (Fsp3) is 0.526. The highest BCUT2D eigenvalue weighted by Gasteiger charge is 2.18. The number of benzene rings is 1. The molecule has 0 atom stereocenters. The van der Waals surface area contributed by atoms with Crippen LogP contribution in [0.4, 0.5) is 0 Å². The summed E-state index contributed by atoms with van der Waals surface area (Å²) in [4.78, 5) is 11.8. The molecule has 126 valence electrons. The van der Waals surface area contributed by atoms with Crippen molar-refractivity contribution in [1.82, 2.24) is 4.57 Å². The molecule has 0 fully saturated rings. The number of carboxylic acids is 1. The molecule has 0 aliphatic heterocycles. The zero-order valence-electron chi connectivity index (χ0n) is 14.3. The van der Waals surface area contributed by atoms with Crippen molar-refractivity contribution in [1.29, 1.82) is 0 Å². The Labute approximate surface area is 137 Å². The summed E-state index contributed by atoms with van der Waals surface area (Å²) in [6, 6.07) is 3.95. The predicted octanol–water partition coefficient (Wildman–Crippen LogP) is 4.19. The second-order valence-electron chi connectivity index (χ2n) is 6.45. The Morgan fingerprint density at radius 3 is 2.57 bits per heavy atom. The van der Waals surface area contributed by atoms with Gasteiger partial charge in [-0.15, -0.1) is 0 Å². The number of aliphatic hydroxyl groups is 1. The van der Waals surface area contributed by atoms with Gasteiger partial charge in [0.15, 0.2) is 0 Å². The first-order valence-corrected chi connectivity index (χ1v) is 8.49. The molecule has 0 spiro atoms. The van der Waals surface area contributed by atoms with Crippen molar-refractivity contribution >= 4 is 16.9 Å². The molecule has 1 heterocycles. The maximum absolute atomic E-state index is 11.8. The van der Waals surface area contributed by atoms with Gasteiger partial charge in [0, 0.05) is 24.7 Å². The number of aryl methyl sites for hydroxylation is 2. The zero-order valence-corrected chi connectivity index (χ0v) is 14.3. The fourth-order valence-corrected chi connectivity index (χ4v) is 3.01. The van der Waals surface area contributed by atoms with Crippen molar-refractivity contribution in [2.75, 3.05) is 6.61 Å². The van der Waals surface area contributed by atoms with Gasteiger partial charge in [0.05, 0.1) is 11.1 Å². The average molecular weight is 317 g/mol. The van der Waals surface area contributed by atoms with Crippen LogP contribution in [-0.2, 0) is 13.0 Å². The van der Waals surface area contributed by atoms with Gasteiger partial charge >= 0.3 is 5.97 Å². The lowest BCUT2D eigenvalue weighted by Crippen LogP contribution is -2.05. The Bertz CT molecular complexity index is 685. The van der Waals surface area contributed by atoms with Crippen LogP contribution in [0.2, 0.25) is 0 Å². The van der Waals surface area contributed by atoms with Gasteiger partial charge in [-0.3, -0.25) is 0 Å². The Morgan fingerprint density at radius 2 is 2.00 bits per heavy atom. The van der Waals surface area contributed by atoms with Crippen LogP contribution in [0.3, 0.4) is 0 Å². The minimum Gasteiger partial charge on any atom is -0.478 e. The van der Waals surface area contributed by atoms with Gasteiger partial charge in [-0.05, 0) is 48.4 Å². The number of aromatic nitrogens is 1. The number of aliphatic hydroxyl groups excluding tert-OH is 1. The second kappa shape index (κ2) is 7.64. The highest BCUT2D eigenvalue weighted by atomic mass is 16.4. The van der Waals surface area contributed by atoms with Crippen LogP contribution in [0.5, 0.6) is 0 Å². The Balaban J connectivity index is 2.68. The molecule has 0 radical (unpaired) electrons. The summed E-state index contributed by atoms with van der Waals surface area (Å²) < 4.78 is 2.00. The van der Waals surface area contributed by atoms with Gasteiger partial charge in [-0.1, -0.05) is 27.2 Å². The van der Waals surface area contributed by atoms with Crippen molar-refractivity contribution in [2.24, 2.45) is 0 Å². The lowest BCUT2D eigenvalue weighted by molar-refractivity contribution is 0.0698. The quantitative estimate of drug-likeness (QED) is 0.767.